The van der Waals surface area contributed by atoms with Crippen LogP contribution in [0.25, 0.3) is 6.08 Å². The number of sulfonamides is 1. The minimum Gasteiger partial charge on any atom is -0.465 e. The average molecular weight is 498 g/mol. The van der Waals surface area contributed by atoms with Crippen molar-refractivity contribution in [2.24, 2.45) is 0 Å². The Balaban J connectivity index is 1.58. The van der Waals surface area contributed by atoms with Crippen molar-refractivity contribution < 1.29 is 32.0 Å². The van der Waals surface area contributed by atoms with Crippen LogP contribution >= 0.6 is 0 Å². The van der Waals surface area contributed by atoms with Crippen LogP contribution in [-0.2, 0) is 26.1 Å². The van der Waals surface area contributed by atoms with Crippen molar-refractivity contribution in [1.82, 2.24) is 15.6 Å². The number of nitrogens with one attached hydrogen (secondary N) is 3. The van der Waals surface area contributed by atoms with Crippen molar-refractivity contribution in [3.8, 4) is 0 Å². The fourth-order valence-corrected chi connectivity index (χ4v) is 4.02. The highest BCUT2D eigenvalue weighted by molar-refractivity contribution is 7.89. The van der Waals surface area contributed by atoms with Gasteiger partial charge in [-0.15, -0.1) is 0 Å². The highest BCUT2D eigenvalue weighted by Crippen LogP contribution is 2.17. The third-order valence-corrected chi connectivity index (χ3v) is 6.15. The van der Waals surface area contributed by atoms with Gasteiger partial charge >= 0.3 is 5.97 Å². The largest absolute Gasteiger partial charge is 0.465 e. The lowest BCUT2D eigenvalue weighted by atomic mass is 10.2. The summed E-state index contributed by atoms with van der Waals surface area (Å²) >= 11 is 0. The van der Waals surface area contributed by atoms with Crippen LogP contribution in [0.4, 0.5) is 0 Å². The van der Waals surface area contributed by atoms with Crippen molar-refractivity contribution in [1.29, 1.82) is 0 Å². The minimum absolute atomic E-state index is 0.0289. The lowest BCUT2D eigenvalue weighted by Crippen LogP contribution is -2.40. The molecule has 0 aliphatic heterocycles. The van der Waals surface area contributed by atoms with Crippen molar-refractivity contribution in [2.75, 3.05) is 7.11 Å². The zero-order valence-electron chi connectivity index (χ0n) is 18.9. The van der Waals surface area contributed by atoms with Crippen LogP contribution in [0.2, 0.25) is 0 Å². The molecule has 0 spiro atoms. The van der Waals surface area contributed by atoms with Gasteiger partial charge in [0.1, 0.15) is 17.1 Å². The maximum atomic E-state index is 12.6. The molecular formula is C24H23N3O7S. The molecule has 0 saturated heterocycles. The van der Waals surface area contributed by atoms with Gasteiger partial charge in [0.05, 0.1) is 12.0 Å². The first kappa shape index (κ1) is 25.4. The molecule has 1 aromatic heterocycles. The first-order chi connectivity index (χ1) is 16.7. The van der Waals surface area contributed by atoms with E-state index >= 15 is 0 Å². The lowest BCUT2D eigenvalue weighted by Gasteiger charge is -2.09. The maximum Gasteiger partial charge on any atom is 0.341 e. The smallest absolute Gasteiger partial charge is 0.341 e. The van der Waals surface area contributed by atoms with Crippen molar-refractivity contribution >= 4 is 33.9 Å². The summed E-state index contributed by atoms with van der Waals surface area (Å²) in [7, 11) is -2.62. The number of esters is 1. The third kappa shape index (κ3) is 6.88. The average Bonchev–Trinajstić information content (AvgIpc) is 3.25. The van der Waals surface area contributed by atoms with Gasteiger partial charge in [-0.3, -0.25) is 20.4 Å². The summed E-state index contributed by atoms with van der Waals surface area (Å²) < 4.78 is 37.7. The summed E-state index contributed by atoms with van der Waals surface area (Å²) in [6.07, 6.45) is 2.40. The van der Waals surface area contributed by atoms with Gasteiger partial charge < -0.3 is 9.15 Å². The molecule has 35 heavy (non-hydrogen) atoms. The molecule has 10 nitrogen and oxygen atoms in total. The van der Waals surface area contributed by atoms with Gasteiger partial charge in [-0.25, -0.2) is 17.9 Å². The number of carbonyl (C=O) groups excluding carboxylic acids is 3. The summed E-state index contributed by atoms with van der Waals surface area (Å²) in [6, 6.07) is 15.8. The normalized spacial score (nSPS) is 11.3. The molecule has 2 aromatic carbocycles. The van der Waals surface area contributed by atoms with Crippen LogP contribution in [0.5, 0.6) is 0 Å². The standard InChI is InChI=1S/C24H23N3O7S/c1-16-21(24(30)33-2)14-19(34-16)11-12-22(28)26-27-23(29)18-9-6-10-20(13-18)35(31,32)25-15-17-7-4-3-5-8-17/h3-14,25H,15H2,1-2H3,(H,26,28)(H,27,29)/b12-11+. The summed E-state index contributed by atoms with van der Waals surface area (Å²) in [4.78, 5) is 35.9. The molecule has 182 valence electrons. The van der Waals surface area contributed by atoms with Gasteiger partial charge in [-0.1, -0.05) is 36.4 Å². The van der Waals surface area contributed by atoms with Crippen LogP contribution in [0, 0.1) is 6.92 Å². The van der Waals surface area contributed by atoms with Gasteiger partial charge in [0.2, 0.25) is 10.0 Å². The number of amides is 2. The van der Waals surface area contributed by atoms with Crippen molar-refractivity contribution in [3.63, 3.8) is 0 Å². The monoisotopic (exact) mass is 497 g/mol. The fraction of sp³-hybridized carbons (Fsp3) is 0.125. The molecule has 0 aliphatic rings. The Hall–Kier alpha value is -4.22. The quantitative estimate of drug-likeness (QED) is 0.246. The highest BCUT2D eigenvalue weighted by Gasteiger charge is 2.17. The molecule has 0 atom stereocenters. The molecule has 0 bridgehead atoms. The molecule has 0 saturated carbocycles. The second-order valence-corrected chi connectivity index (χ2v) is 8.99. The Bertz CT molecular complexity index is 1360. The molecule has 1 heterocycles. The number of hydrogen-bond donors (Lipinski definition) is 3. The van der Waals surface area contributed by atoms with Crippen LogP contribution in [0.1, 0.15) is 37.8 Å². The van der Waals surface area contributed by atoms with Crippen LogP contribution in [0.3, 0.4) is 0 Å². The third-order valence-electron chi connectivity index (χ3n) is 4.76. The number of ether oxygens (including phenoxy) is 1. The molecule has 3 aromatic rings. The summed E-state index contributed by atoms with van der Waals surface area (Å²) in [5.74, 6) is -1.39. The molecule has 11 heteroatoms. The molecule has 0 aliphatic carbocycles. The fourth-order valence-electron chi connectivity index (χ4n) is 2.95. The number of hydrogen-bond acceptors (Lipinski definition) is 7. The van der Waals surface area contributed by atoms with Crippen LogP contribution in [0.15, 0.2) is 76.1 Å². The number of methoxy groups -OCH3 is 1. The Morgan fingerprint density at radius 1 is 1.00 bits per heavy atom. The van der Waals surface area contributed by atoms with E-state index in [-0.39, 0.29) is 28.3 Å². The topological polar surface area (TPSA) is 144 Å². The summed E-state index contributed by atoms with van der Waals surface area (Å²) in [6.45, 7) is 1.67. The predicted octanol–water partition coefficient (Wildman–Crippen LogP) is 2.33. The minimum atomic E-state index is -3.87. The van der Waals surface area contributed by atoms with E-state index in [0.717, 1.165) is 11.6 Å². The summed E-state index contributed by atoms with van der Waals surface area (Å²) in [5, 5.41) is 0. The number of aryl methyl sites for hydroxylation is 1. The predicted molar refractivity (Wildman–Crippen MR) is 126 cm³/mol. The molecule has 0 fully saturated rings. The Morgan fingerprint density at radius 3 is 2.46 bits per heavy atom. The van der Waals surface area contributed by atoms with Gasteiger partial charge in [0.25, 0.3) is 11.8 Å². The lowest BCUT2D eigenvalue weighted by molar-refractivity contribution is -0.117. The number of carbonyl (C=O) groups is 3. The Morgan fingerprint density at radius 2 is 1.74 bits per heavy atom. The zero-order chi connectivity index (χ0) is 25.4. The van der Waals surface area contributed by atoms with Gasteiger partial charge in [-0.05, 0) is 42.8 Å². The SMILES string of the molecule is COC(=O)c1cc(/C=C/C(=O)NNC(=O)c2cccc(S(=O)(=O)NCc3ccccc3)c2)oc1C. The molecule has 2 amide bonds. The number of hydrazine groups is 1. The Kier molecular flexibility index (Phi) is 8.18. The number of rotatable bonds is 8. The first-order valence-electron chi connectivity index (χ1n) is 10.3. The van der Waals surface area contributed by atoms with Gasteiger partial charge in [0, 0.05) is 18.2 Å². The molecule has 3 N–H and O–H groups in total. The van der Waals surface area contributed by atoms with E-state index < -0.39 is 27.8 Å². The van der Waals surface area contributed by atoms with E-state index in [1.165, 1.54) is 43.5 Å². The first-order valence-corrected chi connectivity index (χ1v) is 11.8. The van der Waals surface area contributed by atoms with E-state index in [1.807, 2.05) is 6.07 Å². The molecule has 0 unspecified atom stereocenters. The van der Waals surface area contributed by atoms with Crippen LogP contribution in [-0.4, -0.2) is 33.3 Å². The summed E-state index contributed by atoms with van der Waals surface area (Å²) in [5.41, 5.74) is 5.44. The second-order valence-electron chi connectivity index (χ2n) is 7.22. The van der Waals surface area contributed by atoms with E-state index in [4.69, 9.17) is 4.42 Å². The molecule has 3 rings (SSSR count). The van der Waals surface area contributed by atoms with E-state index in [1.54, 1.807) is 31.2 Å². The molecular weight excluding hydrogens is 474 g/mol. The van der Waals surface area contributed by atoms with Crippen molar-refractivity contribution in [2.45, 2.75) is 18.4 Å². The van der Waals surface area contributed by atoms with E-state index in [2.05, 4.69) is 20.3 Å². The Labute approximate surface area is 202 Å². The van der Waals surface area contributed by atoms with Crippen LogP contribution < -0.4 is 15.6 Å². The number of benzene rings is 2. The highest BCUT2D eigenvalue weighted by atomic mass is 32.2. The number of furan rings is 1. The zero-order valence-corrected chi connectivity index (χ0v) is 19.7. The van der Waals surface area contributed by atoms with E-state index in [9.17, 15) is 22.8 Å². The van der Waals surface area contributed by atoms with Crippen molar-refractivity contribution in [3.05, 3.63) is 95.0 Å². The maximum absolute atomic E-state index is 12.6. The molecule has 0 radical (unpaired) electrons. The van der Waals surface area contributed by atoms with E-state index in [0.29, 0.717) is 5.76 Å². The second kappa shape index (κ2) is 11.3. The van der Waals surface area contributed by atoms with Gasteiger partial charge in [-0.2, -0.15) is 0 Å². The van der Waals surface area contributed by atoms with Gasteiger partial charge in [0.15, 0.2) is 0 Å².